The van der Waals surface area contributed by atoms with Crippen molar-refractivity contribution in [1.29, 1.82) is 0 Å². The molecular weight excluding hydrogens is 500 g/mol. The van der Waals surface area contributed by atoms with Crippen LogP contribution in [0.5, 0.6) is 11.5 Å². The maximum absolute atomic E-state index is 13.2. The van der Waals surface area contributed by atoms with Crippen LogP contribution in [0.15, 0.2) is 76.8 Å². The average Bonchev–Trinajstić information content (AvgIpc) is 2.83. The number of benzene rings is 3. The van der Waals surface area contributed by atoms with E-state index in [1.165, 1.54) is 13.2 Å². The maximum Gasteiger partial charge on any atom is 0.335 e. The molecule has 0 bridgehead atoms. The van der Waals surface area contributed by atoms with E-state index in [2.05, 4.69) is 21.2 Å². The Kier molecular flexibility index (Phi) is 6.79. The molecule has 3 aromatic carbocycles. The number of methoxy groups -OCH3 is 1. The third-order valence-corrected chi connectivity index (χ3v) is 5.75. The average molecular weight is 521 g/mol. The zero-order valence-electron chi connectivity index (χ0n) is 18.5. The molecular formula is C26H21BrN2O5. The van der Waals surface area contributed by atoms with Crippen LogP contribution in [-0.4, -0.2) is 25.0 Å². The Balaban J connectivity index is 1.67. The Labute approximate surface area is 205 Å². The van der Waals surface area contributed by atoms with Crippen molar-refractivity contribution in [2.75, 3.05) is 12.0 Å². The fourth-order valence-corrected chi connectivity index (χ4v) is 3.63. The number of halogens is 1. The fourth-order valence-electron chi connectivity index (χ4n) is 3.37. The van der Waals surface area contributed by atoms with E-state index in [1.54, 1.807) is 42.5 Å². The number of barbiturate groups is 1. The number of hydrogen-bond acceptors (Lipinski definition) is 5. The number of amides is 4. The molecule has 4 amide bonds. The third kappa shape index (κ3) is 5.02. The van der Waals surface area contributed by atoms with E-state index >= 15 is 0 Å². The van der Waals surface area contributed by atoms with E-state index in [0.29, 0.717) is 22.7 Å². The Morgan fingerprint density at radius 2 is 1.68 bits per heavy atom. The largest absolute Gasteiger partial charge is 0.497 e. The van der Waals surface area contributed by atoms with Gasteiger partial charge in [-0.1, -0.05) is 45.8 Å². The molecule has 7 nitrogen and oxygen atoms in total. The van der Waals surface area contributed by atoms with Crippen LogP contribution in [0.25, 0.3) is 6.08 Å². The summed E-state index contributed by atoms with van der Waals surface area (Å²) in [7, 11) is 1.54. The van der Waals surface area contributed by atoms with E-state index in [9.17, 15) is 14.4 Å². The van der Waals surface area contributed by atoms with Crippen LogP contribution in [0.3, 0.4) is 0 Å². The number of ether oxygens (including phenoxy) is 2. The van der Waals surface area contributed by atoms with E-state index in [-0.39, 0.29) is 12.2 Å². The lowest BCUT2D eigenvalue weighted by Crippen LogP contribution is -2.54. The third-order valence-electron chi connectivity index (χ3n) is 5.22. The number of nitrogens with zero attached hydrogens (tertiary/aromatic N) is 1. The zero-order valence-corrected chi connectivity index (χ0v) is 20.1. The number of carbonyl (C=O) groups is 3. The van der Waals surface area contributed by atoms with Gasteiger partial charge in [0.15, 0.2) is 0 Å². The van der Waals surface area contributed by atoms with Crippen molar-refractivity contribution >= 4 is 45.5 Å². The van der Waals surface area contributed by atoms with E-state index in [1.807, 2.05) is 31.2 Å². The van der Waals surface area contributed by atoms with Crippen molar-refractivity contribution in [2.45, 2.75) is 13.5 Å². The molecule has 0 saturated carbocycles. The lowest BCUT2D eigenvalue weighted by molar-refractivity contribution is -0.122. The van der Waals surface area contributed by atoms with Gasteiger partial charge in [0.05, 0.1) is 12.8 Å². The van der Waals surface area contributed by atoms with Gasteiger partial charge in [-0.25, -0.2) is 9.69 Å². The Bertz CT molecular complexity index is 1280. The molecule has 34 heavy (non-hydrogen) atoms. The molecule has 0 aliphatic carbocycles. The Hall–Kier alpha value is -3.91. The van der Waals surface area contributed by atoms with Crippen molar-refractivity contribution in [1.82, 2.24) is 5.32 Å². The Morgan fingerprint density at radius 1 is 0.971 bits per heavy atom. The van der Waals surface area contributed by atoms with Crippen molar-refractivity contribution in [2.24, 2.45) is 0 Å². The van der Waals surface area contributed by atoms with Crippen molar-refractivity contribution in [3.8, 4) is 11.5 Å². The molecule has 8 heteroatoms. The number of aryl methyl sites for hydroxylation is 1. The first-order valence-electron chi connectivity index (χ1n) is 10.4. The summed E-state index contributed by atoms with van der Waals surface area (Å²) in [6.07, 6.45) is 1.42. The Morgan fingerprint density at radius 3 is 2.35 bits per heavy atom. The van der Waals surface area contributed by atoms with Gasteiger partial charge in [-0.2, -0.15) is 0 Å². The summed E-state index contributed by atoms with van der Waals surface area (Å²) in [4.78, 5) is 39.1. The molecule has 0 spiro atoms. The predicted molar refractivity (Wildman–Crippen MR) is 132 cm³/mol. The summed E-state index contributed by atoms with van der Waals surface area (Å²) in [5.41, 5.74) is 2.60. The predicted octanol–water partition coefficient (Wildman–Crippen LogP) is 5.01. The molecule has 3 aromatic rings. The number of urea groups is 1. The monoisotopic (exact) mass is 520 g/mol. The molecule has 0 radical (unpaired) electrons. The first-order valence-corrected chi connectivity index (χ1v) is 11.2. The molecule has 1 N–H and O–H groups in total. The number of rotatable bonds is 6. The molecule has 0 unspecified atom stereocenters. The quantitative estimate of drug-likeness (QED) is 0.364. The van der Waals surface area contributed by atoms with Crippen LogP contribution < -0.4 is 19.7 Å². The summed E-state index contributed by atoms with van der Waals surface area (Å²) in [6.45, 7) is 2.17. The van der Waals surface area contributed by atoms with Gasteiger partial charge >= 0.3 is 6.03 Å². The minimum absolute atomic E-state index is 0.182. The number of anilines is 1. The second-order valence-electron chi connectivity index (χ2n) is 7.61. The second-order valence-corrected chi connectivity index (χ2v) is 8.53. The minimum atomic E-state index is -0.794. The SMILES string of the molecule is COc1ccc(/C=C2\C(=O)NC(=O)N(c3ccc(C)cc3)C2=O)c(OCc2ccc(Br)cc2)c1. The van der Waals surface area contributed by atoms with Gasteiger partial charge in [0.25, 0.3) is 11.8 Å². The highest BCUT2D eigenvalue weighted by molar-refractivity contribution is 9.10. The van der Waals surface area contributed by atoms with Gasteiger partial charge in [0.1, 0.15) is 23.7 Å². The minimum Gasteiger partial charge on any atom is -0.497 e. The van der Waals surface area contributed by atoms with Crippen molar-refractivity contribution < 1.29 is 23.9 Å². The van der Waals surface area contributed by atoms with Gasteiger partial charge in [0, 0.05) is 16.1 Å². The number of hydrogen-bond donors (Lipinski definition) is 1. The summed E-state index contributed by atoms with van der Waals surface area (Å²) >= 11 is 3.40. The summed E-state index contributed by atoms with van der Waals surface area (Å²) in [5.74, 6) is -0.502. The van der Waals surface area contributed by atoms with E-state index in [0.717, 1.165) is 20.5 Å². The first-order chi connectivity index (χ1) is 16.4. The van der Waals surface area contributed by atoms with Crippen LogP contribution in [0, 0.1) is 6.92 Å². The maximum atomic E-state index is 13.2. The van der Waals surface area contributed by atoms with Crippen molar-refractivity contribution in [3.05, 3.63) is 93.5 Å². The number of carbonyl (C=O) groups excluding carboxylic acids is 3. The summed E-state index contributed by atoms with van der Waals surface area (Å²) < 4.78 is 12.3. The highest BCUT2D eigenvalue weighted by atomic mass is 79.9. The van der Waals surface area contributed by atoms with Crippen LogP contribution >= 0.6 is 15.9 Å². The molecule has 172 valence electrons. The smallest absolute Gasteiger partial charge is 0.335 e. The lowest BCUT2D eigenvalue weighted by atomic mass is 10.1. The summed E-state index contributed by atoms with van der Waals surface area (Å²) in [6, 6.07) is 18.8. The van der Waals surface area contributed by atoms with Gasteiger partial charge in [0.2, 0.25) is 0 Å². The van der Waals surface area contributed by atoms with Crippen LogP contribution in [-0.2, 0) is 16.2 Å². The molecule has 1 fully saturated rings. The second kappa shape index (κ2) is 9.93. The molecule has 1 aliphatic heterocycles. The molecule has 0 atom stereocenters. The van der Waals surface area contributed by atoms with Gasteiger partial charge < -0.3 is 9.47 Å². The van der Waals surface area contributed by atoms with Crippen LogP contribution in [0.4, 0.5) is 10.5 Å². The van der Waals surface area contributed by atoms with Gasteiger partial charge in [-0.3, -0.25) is 14.9 Å². The molecule has 1 heterocycles. The fraction of sp³-hybridized carbons (Fsp3) is 0.115. The van der Waals surface area contributed by atoms with Gasteiger partial charge in [-0.05, 0) is 55.0 Å². The first kappa shape index (κ1) is 23.3. The molecule has 1 aliphatic rings. The topological polar surface area (TPSA) is 84.9 Å². The normalized spacial score (nSPS) is 14.9. The molecule has 4 rings (SSSR count). The summed E-state index contributed by atoms with van der Waals surface area (Å²) in [5, 5.41) is 2.24. The highest BCUT2D eigenvalue weighted by Gasteiger charge is 2.37. The van der Waals surface area contributed by atoms with Gasteiger partial charge in [-0.15, -0.1) is 0 Å². The standard InChI is InChI=1S/C26H21BrN2O5/c1-16-3-10-20(11-4-16)29-25(31)22(24(30)28-26(29)32)13-18-7-12-21(33-2)14-23(18)34-15-17-5-8-19(27)9-6-17/h3-14H,15H2,1-2H3,(H,28,30,32)/b22-13+. The molecule has 0 aromatic heterocycles. The van der Waals surface area contributed by atoms with Crippen molar-refractivity contribution in [3.63, 3.8) is 0 Å². The zero-order chi connectivity index (χ0) is 24.2. The molecule has 1 saturated heterocycles. The van der Waals surface area contributed by atoms with E-state index in [4.69, 9.17) is 9.47 Å². The highest BCUT2D eigenvalue weighted by Crippen LogP contribution is 2.29. The number of nitrogens with one attached hydrogen (secondary N) is 1. The van der Waals surface area contributed by atoms with Crippen LogP contribution in [0.1, 0.15) is 16.7 Å². The lowest BCUT2D eigenvalue weighted by Gasteiger charge is -2.26. The van der Waals surface area contributed by atoms with Crippen LogP contribution in [0.2, 0.25) is 0 Å². The van der Waals surface area contributed by atoms with E-state index < -0.39 is 17.8 Å². The number of imide groups is 2.